The number of nitrogens with zero attached hydrogens (tertiary/aromatic N) is 2. The molecular weight excluding hydrogens is 588 g/mol. The minimum Gasteiger partial charge on any atom is -0.482 e. The van der Waals surface area contributed by atoms with E-state index in [1.54, 1.807) is 54.9 Å². The lowest BCUT2D eigenvalue weighted by Crippen LogP contribution is -2.70. The van der Waals surface area contributed by atoms with Gasteiger partial charge in [0.05, 0.1) is 23.8 Å². The van der Waals surface area contributed by atoms with Crippen LogP contribution >= 0.6 is 0 Å². The molecule has 8 atom stereocenters. The summed E-state index contributed by atoms with van der Waals surface area (Å²) >= 11 is 0. The highest BCUT2D eigenvalue weighted by Crippen LogP contribution is 2.68. The molecule has 10 nitrogen and oxygen atoms in total. The third-order valence-corrected chi connectivity index (χ3v) is 11.2. The fourth-order valence-electron chi connectivity index (χ4n) is 8.65. The molecule has 10 heteroatoms. The van der Waals surface area contributed by atoms with Crippen LogP contribution in [-0.2, 0) is 14.3 Å². The molecule has 2 aliphatic carbocycles. The van der Waals surface area contributed by atoms with Crippen molar-refractivity contribution in [3.8, 4) is 23.1 Å². The van der Waals surface area contributed by atoms with Crippen molar-refractivity contribution in [3.05, 3.63) is 82.0 Å². The van der Waals surface area contributed by atoms with Gasteiger partial charge >= 0.3 is 17.6 Å². The Hall–Kier alpha value is -4.49. The number of rotatable bonds is 5. The van der Waals surface area contributed by atoms with Crippen LogP contribution in [0.2, 0.25) is 0 Å². The van der Waals surface area contributed by atoms with Gasteiger partial charge in [-0.3, -0.25) is 9.78 Å². The molecule has 3 unspecified atom stereocenters. The standard InChI is InChI=1S/C36H38N2O8/c1-20-12-13-34(3)27(35(20,4)19-43-21(2)39)16-28(45-32(41)24-11-7-6-9-22(24)17-37)36(5)31(34)30(40)29-26(46-36)15-25(44-33(29)42)23-10-8-14-38-18-23/h6-11,14-15,18,20,27-28,30-31,40H,12-13,16,19H2,1-5H3/t20-,27?,28-,30-,31?,34-,35?,36+/m0/s1. The number of benzene rings is 1. The first kappa shape index (κ1) is 31.5. The second kappa shape index (κ2) is 11.4. The Morgan fingerprint density at radius 2 is 1.93 bits per heavy atom. The first-order chi connectivity index (χ1) is 21.8. The Bertz CT molecular complexity index is 1780. The van der Waals surface area contributed by atoms with E-state index in [4.69, 9.17) is 18.6 Å². The van der Waals surface area contributed by atoms with Crippen molar-refractivity contribution >= 4 is 11.9 Å². The zero-order valence-corrected chi connectivity index (χ0v) is 26.6. The summed E-state index contributed by atoms with van der Waals surface area (Å²) in [4.78, 5) is 43.5. The predicted molar refractivity (Wildman–Crippen MR) is 165 cm³/mol. The molecule has 3 aliphatic rings. The van der Waals surface area contributed by atoms with E-state index < -0.39 is 52.1 Å². The highest BCUT2D eigenvalue weighted by atomic mass is 16.6. The van der Waals surface area contributed by atoms with Gasteiger partial charge in [-0.2, -0.15) is 5.26 Å². The predicted octanol–water partition coefficient (Wildman–Crippen LogP) is 5.63. The van der Waals surface area contributed by atoms with E-state index in [9.17, 15) is 24.8 Å². The Labute approximate surface area is 267 Å². The summed E-state index contributed by atoms with van der Waals surface area (Å²) in [6.45, 7) is 9.63. The van der Waals surface area contributed by atoms with Crippen LogP contribution in [0.3, 0.4) is 0 Å². The topological polar surface area (TPSA) is 149 Å². The molecule has 0 spiro atoms. The summed E-state index contributed by atoms with van der Waals surface area (Å²) in [5.41, 5.74) is -2.33. The SMILES string of the molecule is CC(=O)OCC1(C)C2C[C@H](OC(=O)c3ccccc3C#N)[C@@]3(C)Oc4cc(-c5cccnc5)oc(=O)c4[C@H](O)C3[C@@]2(C)CC[C@@H]1C. The second-order valence-electron chi connectivity index (χ2n) is 13.7. The number of fused-ring (bicyclic) bond motifs is 4. The summed E-state index contributed by atoms with van der Waals surface area (Å²) in [5.74, 6) is -1.51. The number of aliphatic hydroxyl groups is 1. The van der Waals surface area contributed by atoms with Gasteiger partial charge in [-0.15, -0.1) is 0 Å². The van der Waals surface area contributed by atoms with Crippen molar-refractivity contribution in [2.45, 2.75) is 71.7 Å². The number of aliphatic hydroxyl groups excluding tert-OH is 1. The minimum absolute atomic E-state index is 0.0113. The van der Waals surface area contributed by atoms with Crippen LogP contribution < -0.4 is 10.4 Å². The first-order valence-electron chi connectivity index (χ1n) is 15.6. The molecule has 6 rings (SSSR count). The summed E-state index contributed by atoms with van der Waals surface area (Å²) in [6, 6.07) is 13.5. The molecule has 240 valence electrons. The normalized spacial score (nSPS) is 32.8. The largest absolute Gasteiger partial charge is 0.482 e. The van der Waals surface area contributed by atoms with E-state index in [0.29, 0.717) is 18.4 Å². The van der Waals surface area contributed by atoms with Crippen LogP contribution in [0.25, 0.3) is 11.3 Å². The van der Waals surface area contributed by atoms with Gasteiger partial charge < -0.3 is 23.7 Å². The van der Waals surface area contributed by atoms with Crippen molar-refractivity contribution in [3.63, 3.8) is 0 Å². The maximum absolute atomic E-state index is 13.8. The van der Waals surface area contributed by atoms with E-state index >= 15 is 0 Å². The van der Waals surface area contributed by atoms with E-state index in [1.807, 2.05) is 6.92 Å². The van der Waals surface area contributed by atoms with Crippen LogP contribution in [0.1, 0.15) is 81.5 Å². The molecule has 0 amide bonds. The van der Waals surface area contributed by atoms with Crippen molar-refractivity contribution in [1.82, 2.24) is 4.98 Å². The van der Waals surface area contributed by atoms with E-state index in [0.717, 1.165) is 6.42 Å². The van der Waals surface area contributed by atoms with Crippen LogP contribution in [0.4, 0.5) is 0 Å². The van der Waals surface area contributed by atoms with Gasteiger partial charge in [0, 0.05) is 42.3 Å². The molecular formula is C36H38N2O8. The van der Waals surface area contributed by atoms with Gasteiger partial charge in [0.2, 0.25) is 0 Å². The number of ether oxygens (including phenoxy) is 3. The Morgan fingerprint density at radius 1 is 1.17 bits per heavy atom. The van der Waals surface area contributed by atoms with Gasteiger partial charge in [-0.05, 0) is 67.7 Å². The first-order valence-corrected chi connectivity index (χ1v) is 15.6. The summed E-state index contributed by atoms with van der Waals surface area (Å²) in [7, 11) is 0. The second-order valence-corrected chi connectivity index (χ2v) is 13.7. The lowest BCUT2D eigenvalue weighted by atomic mass is 9.41. The van der Waals surface area contributed by atoms with Crippen LogP contribution in [0.15, 0.2) is 64.1 Å². The molecule has 2 aromatic heterocycles. The smallest absolute Gasteiger partial charge is 0.345 e. The molecule has 3 aromatic rings. The highest BCUT2D eigenvalue weighted by molar-refractivity contribution is 5.92. The van der Waals surface area contributed by atoms with Gasteiger partial charge in [0.25, 0.3) is 0 Å². The fourth-order valence-corrected chi connectivity index (χ4v) is 8.65. The molecule has 1 N–H and O–H groups in total. The van der Waals surface area contributed by atoms with Crippen molar-refractivity contribution in [2.75, 3.05) is 6.61 Å². The lowest BCUT2D eigenvalue weighted by molar-refractivity contribution is -0.257. The van der Waals surface area contributed by atoms with E-state index in [2.05, 4.69) is 31.8 Å². The Morgan fingerprint density at radius 3 is 2.63 bits per heavy atom. The molecule has 0 saturated heterocycles. The van der Waals surface area contributed by atoms with Gasteiger partial charge in [0.1, 0.15) is 34.8 Å². The minimum atomic E-state index is -1.32. The van der Waals surface area contributed by atoms with Gasteiger partial charge in [0.15, 0.2) is 0 Å². The van der Waals surface area contributed by atoms with E-state index in [1.165, 1.54) is 6.92 Å². The van der Waals surface area contributed by atoms with E-state index in [-0.39, 0.29) is 46.6 Å². The molecule has 1 aliphatic heterocycles. The summed E-state index contributed by atoms with van der Waals surface area (Å²) in [5, 5.41) is 21.9. The number of carbonyl (C=O) groups is 2. The number of pyridine rings is 1. The fraction of sp³-hybridized carbons (Fsp3) is 0.472. The molecule has 2 saturated carbocycles. The van der Waals surface area contributed by atoms with Crippen LogP contribution in [0.5, 0.6) is 5.75 Å². The number of hydrogen-bond acceptors (Lipinski definition) is 10. The Balaban J connectivity index is 1.51. The average molecular weight is 627 g/mol. The van der Waals surface area contributed by atoms with Crippen molar-refractivity contribution in [2.24, 2.45) is 28.6 Å². The lowest BCUT2D eigenvalue weighted by Gasteiger charge is -2.66. The van der Waals surface area contributed by atoms with Crippen molar-refractivity contribution in [1.29, 1.82) is 5.26 Å². The molecule has 46 heavy (non-hydrogen) atoms. The number of aromatic nitrogens is 1. The zero-order valence-electron chi connectivity index (χ0n) is 26.6. The molecule has 0 radical (unpaired) electrons. The monoisotopic (exact) mass is 626 g/mol. The maximum Gasteiger partial charge on any atom is 0.345 e. The summed E-state index contributed by atoms with van der Waals surface area (Å²) < 4.78 is 24.4. The summed E-state index contributed by atoms with van der Waals surface area (Å²) in [6.07, 6.45) is 2.76. The maximum atomic E-state index is 13.8. The molecule has 2 fully saturated rings. The number of carbonyl (C=O) groups excluding carboxylic acids is 2. The van der Waals surface area contributed by atoms with Crippen molar-refractivity contribution < 1.29 is 33.3 Å². The van der Waals surface area contributed by atoms with Gasteiger partial charge in [-0.25, -0.2) is 9.59 Å². The zero-order chi connectivity index (χ0) is 33.0. The number of hydrogen-bond donors (Lipinski definition) is 1. The number of nitriles is 1. The molecule has 1 aromatic carbocycles. The molecule has 0 bridgehead atoms. The third kappa shape index (κ3) is 4.89. The number of esters is 2. The molecule has 3 heterocycles. The quantitative estimate of drug-likeness (QED) is 0.353. The van der Waals surface area contributed by atoms with Crippen LogP contribution in [0, 0.1) is 39.9 Å². The van der Waals surface area contributed by atoms with Gasteiger partial charge in [-0.1, -0.05) is 32.9 Å². The van der Waals surface area contributed by atoms with Crippen LogP contribution in [-0.4, -0.2) is 40.3 Å². The average Bonchev–Trinajstić information content (AvgIpc) is 3.03. The third-order valence-electron chi connectivity index (χ3n) is 11.2. The Kier molecular flexibility index (Phi) is 7.80. The highest BCUT2D eigenvalue weighted by Gasteiger charge is 2.70.